The summed E-state index contributed by atoms with van der Waals surface area (Å²) < 4.78 is 13.1. The first-order valence-electron chi connectivity index (χ1n) is 5.91. The molecule has 1 unspecified atom stereocenters. The van der Waals surface area contributed by atoms with Gasteiger partial charge in [0.25, 0.3) is 0 Å². The van der Waals surface area contributed by atoms with E-state index in [1.165, 1.54) is 12.1 Å². The molecule has 0 saturated heterocycles. The van der Waals surface area contributed by atoms with Gasteiger partial charge in [-0.05, 0) is 38.5 Å². The van der Waals surface area contributed by atoms with Crippen molar-refractivity contribution < 1.29 is 4.39 Å². The molecular weight excluding hydrogens is 253 g/mol. The van der Waals surface area contributed by atoms with Crippen LogP contribution in [-0.4, -0.2) is 23.4 Å². The Labute approximate surface area is 111 Å². The molecule has 5 heteroatoms. The third kappa shape index (κ3) is 1.94. The van der Waals surface area contributed by atoms with Gasteiger partial charge in [-0.3, -0.25) is 4.99 Å². The molecule has 1 aliphatic heterocycles. The standard InChI is InChI=1S/C13H17ClFN3/c1-8(2)18-12(16)17-7-13(18,3)10-5-4-9(15)6-11(10)14/h4-6,8H,7H2,1-3H3,(H2,16,17). The van der Waals surface area contributed by atoms with Gasteiger partial charge in [-0.15, -0.1) is 0 Å². The highest BCUT2D eigenvalue weighted by molar-refractivity contribution is 6.31. The van der Waals surface area contributed by atoms with Crippen LogP contribution >= 0.6 is 11.6 Å². The number of guanidine groups is 1. The SMILES string of the molecule is CC(C)N1C(N)=NCC1(C)c1ccc(F)cc1Cl. The minimum atomic E-state index is -0.414. The molecule has 3 nitrogen and oxygen atoms in total. The van der Waals surface area contributed by atoms with E-state index in [-0.39, 0.29) is 11.9 Å². The van der Waals surface area contributed by atoms with Crippen LogP contribution in [-0.2, 0) is 5.54 Å². The van der Waals surface area contributed by atoms with Gasteiger partial charge in [0, 0.05) is 11.1 Å². The van der Waals surface area contributed by atoms with Gasteiger partial charge in [-0.25, -0.2) is 4.39 Å². The monoisotopic (exact) mass is 269 g/mol. The highest BCUT2D eigenvalue weighted by Gasteiger charge is 2.42. The van der Waals surface area contributed by atoms with Gasteiger partial charge in [-0.1, -0.05) is 17.7 Å². The van der Waals surface area contributed by atoms with Gasteiger partial charge in [0.2, 0.25) is 0 Å². The van der Waals surface area contributed by atoms with Crippen LogP contribution in [0.1, 0.15) is 26.3 Å². The minimum absolute atomic E-state index is 0.197. The lowest BCUT2D eigenvalue weighted by Gasteiger charge is -2.40. The molecule has 0 bridgehead atoms. The summed E-state index contributed by atoms with van der Waals surface area (Å²) in [7, 11) is 0. The number of aliphatic imine (C=N–C) groups is 1. The van der Waals surface area contributed by atoms with E-state index in [1.807, 2.05) is 25.7 Å². The molecule has 0 radical (unpaired) electrons. The molecule has 0 aromatic heterocycles. The lowest BCUT2D eigenvalue weighted by atomic mass is 9.90. The van der Waals surface area contributed by atoms with Crippen molar-refractivity contribution in [3.05, 3.63) is 34.6 Å². The summed E-state index contributed by atoms with van der Waals surface area (Å²) in [5.74, 6) is 0.170. The van der Waals surface area contributed by atoms with Gasteiger partial charge in [-0.2, -0.15) is 0 Å². The van der Waals surface area contributed by atoms with Crippen molar-refractivity contribution in [3.8, 4) is 0 Å². The van der Waals surface area contributed by atoms with Crippen LogP contribution in [0.2, 0.25) is 5.02 Å². The summed E-state index contributed by atoms with van der Waals surface area (Å²) >= 11 is 6.16. The Morgan fingerprint density at radius 2 is 2.17 bits per heavy atom. The number of halogens is 2. The highest BCUT2D eigenvalue weighted by atomic mass is 35.5. The second kappa shape index (κ2) is 4.43. The summed E-state index contributed by atoms with van der Waals surface area (Å²) in [6.07, 6.45) is 0. The predicted molar refractivity (Wildman–Crippen MR) is 72.2 cm³/mol. The average Bonchev–Trinajstić information content (AvgIpc) is 2.55. The third-order valence-corrected chi connectivity index (χ3v) is 3.67. The van der Waals surface area contributed by atoms with Crippen molar-refractivity contribution in [1.82, 2.24) is 4.90 Å². The Hall–Kier alpha value is -1.29. The van der Waals surface area contributed by atoms with Crippen LogP contribution in [0.5, 0.6) is 0 Å². The van der Waals surface area contributed by atoms with E-state index in [9.17, 15) is 4.39 Å². The summed E-state index contributed by atoms with van der Waals surface area (Å²) in [6, 6.07) is 4.65. The fourth-order valence-electron chi connectivity index (χ4n) is 2.62. The van der Waals surface area contributed by atoms with E-state index in [4.69, 9.17) is 17.3 Å². The minimum Gasteiger partial charge on any atom is -0.370 e. The second-order valence-electron chi connectivity index (χ2n) is 5.04. The van der Waals surface area contributed by atoms with Crippen molar-refractivity contribution in [3.63, 3.8) is 0 Å². The molecule has 1 aromatic rings. The summed E-state index contributed by atoms with van der Waals surface area (Å²) in [4.78, 5) is 6.32. The number of hydrogen-bond acceptors (Lipinski definition) is 3. The molecular formula is C13H17ClFN3. The predicted octanol–water partition coefficient (Wildman–Crippen LogP) is 2.73. The summed E-state index contributed by atoms with van der Waals surface area (Å²) in [5.41, 5.74) is 6.37. The van der Waals surface area contributed by atoms with Crippen LogP contribution in [0.3, 0.4) is 0 Å². The van der Waals surface area contributed by atoms with Gasteiger partial charge in [0.1, 0.15) is 5.82 Å². The summed E-state index contributed by atoms with van der Waals surface area (Å²) in [5, 5.41) is 0.410. The van der Waals surface area contributed by atoms with Crippen molar-refractivity contribution in [2.24, 2.45) is 10.7 Å². The van der Waals surface area contributed by atoms with E-state index in [0.717, 1.165) is 5.56 Å². The lowest BCUT2D eigenvalue weighted by Crippen LogP contribution is -2.51. The quantitative estimate of drug-likeness (QED) is 0.897. The normalized spacial score (nSPS) is 23.7. The molecule has 98 valence electrons. The molecule has 1 heterocycles. The Morgan fingerprint density at radius 1 is 1.50 bits per heavy atom. The molecule has 1 aliphatic rings. The van der Waals surface area contributed by atoms with Gasteiger partial charge in [0.15, 0.2) is 5.96 Å². The highest BCUT2D eigenvalue weighted by Crippen LogP contribution is 2.38. The number of hydrogen-bond donors (Lipinski definition) is 1. The molecule has 2 N–H and O–H groups in total. The molecule has 1 atom stereocenters. The van der Waals surface area contributed by atoms with Crippen LogP contribution in [0.15, 0.2) is 23.2 Å². The van der Waals surface area contributed by atoms with Crippen molar-refractivity contribution >= 4 is 17.6 Å². The lowest BCUT2D eigenvalue weighted by molar-refractivity contribution is 0.185. The van der Waals surface area contributed by atoms with Gasteiger partial charge >= 0.3 is 0 Å². The first-order chi connectivity index (χ1) is 8.36. The second-order valence-corrected chi connectivity index (χ2v) is 5.44. The van der Waals surface area contributed by atoms with E-state index in [1.54, 1.807) is 6.07 Å². The smallest absolute Gasteiger partial charge is 0.192 e. The Morgan fingerprint density at radius 3 is 2.72 bits per heavy atom. The molecule has 0 amide bonds. The number of nitrogens with zero attached hydrogens (tertiary/aromatic N) is 2. The fourth-order valence-corrected chi connectivity index (χ4v) is 2.99. The first kappa shape index (κ1) is 13.1. The zero-order chi connectivity index (χ0) is 13.5. The third-order valence-electron chi connectivity index (χ3n) is 3.36. The van der Waals surface area contributed by atoms with Crippen LogP contribution in [0.25, 0.3) is 0 Å². The van der Waals surface area contributed by atoms with Gasteiger partial charge in [0.05, 0.1) is 12.1 Å². The first-order valence-corrected chi connectivity index (χ1v) is 6.29. The van der Waals surface area contributed by atoms with Crippen molar-refractivity contribution in [1.29, 1.82) is 0 Å². The van der Waals surface area contributed by atoms with E-state index in [2.05, 4.69) is 4.99 Å². The zero-order valence-corrected chi connectivity index (χ0v) is 11.5. The van der Waals surface area contributed by atoms with Crippen LogP contribution in [0, 0.1) is 5.82 Å². The number of nitrogens with two attached hydrogens (primary N) is 1. The molecule has 2 rings (SSSR count). The molecule has 1 aromatic carbocycles. The molecule has 0 spiro atoms. The Bertz CT molecular complexity index is 501. The fraction of sp³-hybridized carbons (Fsp3) is 0.462. The van der Waals surface area contributed by atoms with E-state index in [0.29, 0.717) is 17.5 Å². The Kier molecular flexibility index (Phi) is 3.23. The largest absolute Gasteiger partial charge is 0.370 e. The van der Waals surface area contributed by atoms with Crippen molar-refractivity contribution in [2.45, 2.75) is 32.4 Å². The Balaban J connectivity index is 2.48. The van der Waals surface area contributed by atoms with Crippen molar-refractivity contribution in [2.75, 3.05) is 6.54 Å². The molecule has 0 aliphatic carbocycles. The number of rotatable bonds is 2. The molecule has 0 saturated carbocycles. The van der Waals surface area contributed by atoms with E-state index >= 15 is 0 Å². The molecule has 18 heavy (non-hydrogen) atoms. The molecule has 0 fully saturated rings. The van der Waals surface area contributed by atoms with Crippen LogP contribution < -0.4 is 5.73 Å². The van der Waals surface area contributed by atoms with Gasteiger partial charge < -0.3 is 10.6 Å². The maximum Gasteiger partial charge on any atom is 0.192 e. The average molecular weight is 270 g/mol. The van der Waals surface area contributed by atoms with Crippen LogP contribution in [0.4, 0.5) is 4.39 Å². The maximum atomic E-state index is 13.1. The maximum absolute atomic E-state index is 13.1. The van der Waals surface area contributed by atoms with E-state index < -0.39 is 5.54 Å². The topological polar surface area (TPSA) is 41.6 Å². The number of benzene rings is 1. The zero-order valence-electron chi connectivity index (χ0n) is 10.7. The summed E-state index contributed by atoms with van der Waals surface area (Å²) in [6.45, 7) is 6.64.